The number of amides is 1. The number of nitrogens with one attached hydrogen (secondary N) is 1. The molecule has 0 aliphatic heterocycles. The molecular weight excluding hydrogens is 476 g/mol. The fourth-order valence-corrected chi connectivity index (χ4v) is 4.33. The molecule has 10 heteroatoms. The lowest BCUT2D eigenvalue weighted by molar-refractivity contribution is 0.0467. The second-order valence-corrected chi connectivity index (χ2v) is 8.98. The van der Waals surface area contributed by atoms with Crippen LogP contribution >= 0.6 is 22.9 Å². The van der Waals surface area contributed by atoms with E-state index in [1.807, 2.05) is 0 Å². The van der Waals surface area contributed by atoms with Gasteiger partial charge in [0.25, 0.3) is 11.5 Å². The minimum absolute atomic E-state index is 0.161. The van der Waals surface area contributed by atoms with Gasteiger partial charge in [0.05, 0.1) is 11.3 Å². The van der Waals surface area contributed by atoms with Crippen molar-refractivity contribution in [3.63, 3.8) is 0 Å². The Bertz CT molecular complexity index is 1420. The molecular formula is C24H21ClN4O4S. The summed E-state index contributed by atoms with van der Waals surface area (Å²) in [5.41, 5.74) is 1.10. The first-order chi connectivity index (χ1) is 16.4. The number of carbonyl (C=O) groups is 2. The van der Waals surface area contributed by atoms with Crippen molar-refractivity contribution in [2.75, 3.05) is 5.32 Å². The Kier molecular flexibility index (Phi) is 7.34. The summed E-state index contributed by atoms with van der Waals surface area (Å²) >= 11 is 7.29. The number of aromatic nitrogens is 3. The second kappa shape index (κ2) is 10.6. The SMILES string of the molecule is CCCCc1nn2c(=O)cc(COC(=O)c3cccc(NC(=O)c4cccc(Cl)c4)c3)nc2s1. The van der Waals surface area contributed by atoms with Gasteiger partial charge < -0.3 is 10.1 Å². The van der Waals surface area contributed by atoms with E-state index in [2.05, 4.69) is 22.3 Å². The molecule has 2 aromatic heterocycles. The Balaban J connectivity index is 1.42. The van der Waals surface area contributed by atoms with E-state index < -0.39 is 5.97 Å². The third-order valence-electron chi connectivity index (χ3n) is 4.88. The number of fused-ring (bicyclic) bond motifs is 1. The average Bonchev–Trinajstić information content (AvgIpc) is 3.25. The van der Waals surface area contributed by atoms with E-state index in [1.54, 1.807) is 42.5 Å². The number of unbranched alkanes of at least 4 members (excludes halogenated alkanes) is 1. The van der Waals surface area contributed by atoms with Crippen molar-refractivity contribution in [1.82, 2.24) is 14.6 Å². The fraction of sp³-hybridized carbons (Fsp3) is 0.208. The van der Waals surface area contributed by atoms with Crippen LogP contribution in [0, 0.1) is 0 Å². The maximum absolute atomic E-state index is 12.6. The van der Waals surface area contributed by atoms with Gasteiger partial charge in [-0.25, -0.2) is 9.78 Å². The predicted molar refractivity (Wildman–Crippen MR) is 131 cm³/mol. The van der Waals surface area contributed by atoms with E-state index in [0.29, 0.717) is 26.9 Å². The molecule has 0 aliphatic carbocycles. The molecule has 0 bridgehead atoms. The average molecular weight is 497 g/mol. The maximum atomic E-state index is 12.6. The molecule has 0 fully saturated rings. The number of carbonyl (C=O) groups excluding carboxylic acids is 2. The van der Waals surface area contributed by atoms with Crippen molar-refractivity contribution in [1.29, 1.82) is 0 Å². The van der Waals surface area contributed by atoms with Gasteiger partial charge in [0, 0.05) is 28.8 Å². The van der Waals surface area contributed by atoms with Crippen molar-refractivity contribution >= 4 is 45.5 Å². The molecule has 0 unspecified atom stereocenters. The highest BCUT2D eigenvalue weighted by Gasteiger charge is 2.13. The lowest BCUT2D eigenvalue weighted by Crippen LogP contribution is -2.17. The summed E-state index contributed by atoms with van der Waals surface area (Å²) in [6, 6.07) is 14.2. The van der Waals surface area contributed by atoms with Gasteiger partial charge in [-0.15, -0.1) is 0 Å². The third-order valence-corrected chi connectivity index (χ3v) is 6.08. The number of nitrogens with zero attached hydrogens (tertiary/aromatic N) is 3. The molecule has 0 saturated heterocycles. The molecule has 1 amide bonds. The lowest BCUT2D eigenvalue weighted by Gasteiger charge is -2.08. The molecule has 174 valence electrons. The summed E-state index contributed by atoms with van der Waals surface area (Å²) in [7, 11) is 0. The van der Waals surface area contributed by atoms with E-state index in [-0.39, 0.29) is 23.6 Å². The standard InChI is InChI=1S/C24H21ClN4O4S/c1-2-3-10-20-28-29-21(30)13-19(27-24(29)34-20)14-33-23(32)16-7-5-9-18(12-16)26-22(31)15-6-4-8-17(25)11-15/h4-9,11-13H,2-3,10,14H2,1H3,(H,26,31). The van der Waals surface area contributed by atoms with Gasteiger partial charge in [0.2, 0.25) is 4.96 Å². The van der Waals surface area contributed by atoms with Crippen LogP contribution in [-0.2, 0) is 17.8 Å². The highest BCUT2D eigenvalue weighted by molar-refractivity contribution is 7.16. The highest BCUT2D eigenvalue weighted by Crippen LogP contribution is 2.17. The molecule has 4 aromatic rings. The summed E-state index contributed by atoms with van der Waals surface area (Å²) < 4.78 is 6.63. The second-order valence-electron chi connectivity index (χ2n) is 7.50. The molecule has 0 aliphatic rings. The molecule has 0 atom stereocenters. The van der Waals surface area contributed by atoms with Crippen molar-refractivity contribution in [3.05, 3.63) is 91.8 Å². The maximum Gasteiger partial charge on any atom is 0.338 e. The van der Waals surface area contributed by atoms with Gasteiger partial charge in [0.1, 0.15) is 11.6 Å². The fourth-order valence-electron chi connectivity index (χ4n) is 3.18. The number of aryl methyl sites for hydroxylation is 1. The van der Waals surface area contributed by atoms with Gasteiger partial charge >= 0.3 is 5.97 Å². The van der Waals surface area contributed by atoms with Crippen LogP contribution in [0.3, 0.4) is 0 Å². The highest BCUT2D eigenvalue weighted by atomic mass is 35.5. The topological polar surface area (TPSA) is 103 Å². The first kappa shape index (κ1) is 23.6. The summed E-state index contributed by atoms with van der Waals surface area (Å²) in [4.78, 5) is 42.2. The molecule has 2 aromatic carbocycles. The van der Waals surface area contributed by atoms with Crippen molar-refractivity contribution in [2.45, 2.75) is 32.8 Å². The zero-order chi connectivity index (χ0) is 24.1. The lowest BCUT2D eigenvalue weighted by atomic mass is 10.1. The minimum atomic E-state index is -0.603. The van der Waals surface area contributed by atoms with Crippen LogP contribution in [0.25, 0.3) is 4.96 Å². The number of ether oxygens (including phenoxy) is 1. The molecule has 2 heterocycles. The molecule has 0 radical (unpaired) electrons. The van der Waals surface area contributed by atoms with Crippen LogP contribution in [0.1, 0.15) is 51.2 Å². The molecule has 0 spiro atoms. The smallest absolute Gasteiger partial charge is 0.338 e. The van der Waals surface area contributed by atoms with Crippen molar-refractivity contribution in [3.8, 4) is 0 Å². The number of halogens is 1. The molecule has 4 rings (SSSR count). The predicted octanol–water partition coefficient (Wildman–Crippen LogP) is 4.76. The van der Waals surface area contributed by atoms with E-state index >= 15 is 0 Å². The first-order valence-electron chi connectivity index (χ1n) is 10.7. The molecule has 1 N–H and O–H groups in total. The Labute approximate surface area is 204 Å². The summed E-state index contributed by atoms with van der Waals surface area (Å²) in [6.45, 7) is 1.93. The third kappa shape index (κ3) is 5.67. The Morgan fingerprint density at radius 3 is 2.71 bits per heavy atom. The van der Waals surface area contributed by atoms with Crippen LogP contribution < -0.4 is 10.9 Å². The summed E-state index contributed by atoms with van der Waals surface area (Å²) in [5, 5.41) is 8.33. The van der Waals surface area contributed by atoms with Gasteiger partial charge in [-0.1, -0.05) is 48.4 Å². The van der Waals surface area contributed by atoms with Gasteiger partial charge in [-0.3, -0.25) is 9.59 Å². The van der Waals surface area contributed by atoms with E-state index in [9.17, 15) is 14.4 Å². The largest absolute Gasteiger partial charge is 0.456 e. The molecule has 8 nitrogen and oxygen atoms in total. The van der Waals surface area contributed by atoms with E-state index in [0.717, 1.165) is 24.3 Å². The Hall–Kier alpha value is -3.56. The number of rotatable bonds is 8. The molecule has 34 heavy (non-hydrogen) atoms. The number of benzene rings is 2. The Morgan fingerprint density at radius 1 is 1.12 bits per heavy atom. The van der Waals surface area contributed by atoms with Gasteiger partial charge in [-0.2, -0.15) is 9.61 Å². The number of hydrogen-bond donors (Lipinski definition) is 1. The van der Waals surface area contributed by atoms with Gasteiger partial charge in [0.15, 0.2) is 0 Å². The van der Waals surface area contributed by atoms with Crippen LogP contribution in [-0.4, -0.2) is 26.5 Å². The quantitative estimate of drug-likeness (QED) is 0.353. The number of anilines is 1. The molecule has 0 saturated carbocycles. The Morgan fingerprint density at radius 2 is 1.91 bits per heavy atom. The first-order valence-corrected chi connectivity index (χ1v) is 11.8. The zero-order valence-electron chi connectivity index (χ0n) is 18.3. The summed E-state index contributed by atoms with van der Waals surface area (Å²) in [5.74, 6) is -0.956. The summed E-state index contributed by atoms with van der Waals surface area (Å²) in [6.07, 6.45) is 2.81. The zero-order valence-corrected chi connectivity index (χ0v) is 19.9. The minimum Gasteiger partial charge on any atom is -0.456 e. The van der Waals surface area contributed by atoms with Crippen LogP contribution in [0.4, 0.5) is 5.69 Å². The monoisotopic (exact) mass is 496 g/mol. The van der Waals surface area contributed by atoms with Crippen LogP contribution in [0.2, 0.25) is 5.02 Å². The van der Waals surface area contributed by atoms with Crippen molar-refractivity contribution < 1.29 is 14.3 Å². The normalized spacial score (nSPS) is 10.9. The van der Waals surface area contributed by atoms with Crippen LogP contribution in [0.5, 0.6) is 0 Å². The van der Waals surface area contributed by atoms with E-state index in [4.69, 9.17) is 16.3 Å². The van der Waals surface area contributed by atoms with Crippen LogP contribution in [0.15, 0.2) is 59.4 Å². The number of hydrogen-bond acceptors (Lipinski definition) is 7. The number of esters is 1. The van der Waals surface area contributed by atoms with E-state index in [1.165, 1.54) is 28.0 Å². The van der Waals surface area contributed by atoms with Crippen molar-refractivity contribution in [2.24, 2.45) is 0 Å². The van der Waals surface area contributed by atoms with Gasteiger partial charge in [-0.05, 0) is 42.8 Å².